The molecule has 3 rings (SSSR count). The Morgan fingerprint density at radius 3 is 2.25 bits per heavy atom. The molecule has 0 spiro atoms. The van der Waals surface area contributed by atoms with Crippen LogP contribution in [0.3, 0.4) is 0 Å². The van der Waals surface area contributed by atoms with Gasteiger partial charge in [0.2, 0.25) is 0 Å². The van der Waals surface area contributed by atoms with Crippen LogP contribution in [0.5, 0.6) is 0 Å². The van der Waals surface area contributed by atoms with E-state index in [1.54, 1.807) is 0 Å². The number of benzene rings is 1. The van der Waals surface area contributed by atoms with Gasteiger partial charge >= 0.3 is 6.03 Å². The number of piperazine rings is 1. The zero-order chi connectivity index (χ0) is 14.2. The fourth-order valence-electron chi connectivity index (χ4n) is 2.78. The molecule has 1 aromatic carbocycles. The molecular weight excluding hydrogens is 250 g/mol. The summed E-state index contributed by atoms with van der Waals surface area (Å²) in [4.78, 5) is 16.6. The molecule has 2 fully saturated rings. The van der Waals surface area contributed by atoms with Crippen molar-refractivity contribution >= 4 is 6.03 Å². The van der Waals surface area contributed by atoms with Crippen molar-refractivity contribution in [2.75, 3.05) is 33.2 Å². The van der Waals surface area contributed by atoms with Crippen LogP contribution in [0.1, 0.15) is 24.0 Å². The Balaban J connectivity index is 1.65. The maximum Gasteiger partial charge on any atom is 0.318 e. The summed E-state index contributed by atoms with van der Waals surface area (Å²) >= 11 is 0. The van der Waals surface area contributed by atoms with Gasteiger partial charge in [0.25, 0.3) is 0 Å². The van der Waals surface area contributed by atoms with Gasteiger partial charge in [-0.3, -0.25) is 0 Å². The smallest absolute Gasteiger partial charge is 0.318 e. The van der Waals surface area contributed by atoms with E-state index in [2.05, 4.69) is 48.5 Å². The van der Waals surface area contributed by atoms with Crippen molar-refractivity contribution < 1.29 is 4.79 Å². The van der Waals surface area contributed by atoms with E-state index >= 15 is 0 Å². The molecule has 1 aliphatic carbocycles. The number of hydrogen-bond donors (Lipinski definition) is 1. The standard InChI is InChI=1S/C16H23N3O/c1-13-3-5-14(6-4-13)16(7-8-16)17-15(20)19-11-9-18(2)10-12-19/h3-6H,7-12H2,1-2H3,(H,17,20). The summed E-state index contributed by atoms with van der Waals surface area (Å²) in [5.41, 5.74) is 2.40. The van der Waals surface area contributed by atoms with E-state index < -0.39 is 0 Å². The average Bonchev–Trinajstić information content (AvgIpc) is 3.21. The van der Waals surface area contributed by atoms with Gasteiger partial charge in [-0.25, -0.2) is 4.79 Å². The van der Waals surface area contributed by atoms with Crippen LogP contribution in [0.15, 0.2) is 24.3 Å². The molecular formula is C16H23N3O. The molecule has 0 aromatic heterocycles. The second-order valence-corrected chi connectivity index (χ2v) is 6.17. The lowest BCUT2D eigenvalue weighted by molar-refractivity contribution is 0.150. The second kappa shape index (κ2) is 5.09. The molecule has 0 atom stereocenters. The Morgan fingerprint density at radius 1 is 1.10 bits per heavy atom. The predicted octanol–water partition coefficient (Wildman–Crippen LogP) is 1.94. The second-order valence-electron chi connectivity index (χ2n) is 6.17. The number of likely N-dealkylation sites (N-methyl/N-ethyl adjacent to an activating group) is 1. The van der Waals surface area contributed by atoms with Gasteiger partial charge in [-0.2, -0.15) is 0 Å². The Hall–Kier alpha value is -1.55. The Labute approximate surface area is 120 Å². The third-order valence-corrected chi connectivity index (χ3v) is 4.49. The molecule has 0 bridgehead atoms. The fourth-order valence-corrected chi connectivity index (χ4v) is 2.78. The van der Waals surface area contributed by atoms with Gasteiger partial charge < -0.3 is 15.1 Å². The van der Waals surface area contributed by atoms with Crippen molar-refractivity contribution in [2.24, 2.45) is 0 Å². The quantitative estimate of drug-likeness (QED) is 0.894. The van der Waals surface area contributed by atoms with Crippen molar-refractivity contribution in [1.29, 1.82) is 0 Å². The van der Waals surface area contributed by atoms with Crippen LogP contribution in [-0.2, 0) is 5.54 Å². The van der Waals surface area contributed by atoms with E-state index in [9.17, 15) is 4.79 Å². The SMILES string of the molecule is Cc1ccc(C2(NC(=O)N3CCN(C)CC3)CC2)cc1. The van der Waals surface area contributed by atoms with Gasteiger partial charge in [-0.1, -0.05) is 29.8 Å². The van der Waals surface area contributed by atoms with Gasteiger partial charge in [0, 0.05) is 26.2 Å². The van der Waals surface area contributed by atoms with E-state index in [1.807, 2.05) is 4.90 Å². The van der Waals surface area contributed by atoms with E-state index in [0.717, 1.165) is 39.0 Å². The zero-order valence-electron chi connectivity index (χ0n) is 12.4. The summed E-state index contributed by atoms with van der Waals surface area (Å²) in [6.45, 7) is 5.67. The lowest BCUT2D eigenvalue weighted by Gasteiger charge is -2.33. The van der Waals surface area contributed by atoms with Crippen LogP contribution in [0, 0.1) is 6.92 Å². The van der Waals surface area contributed by atoms with Crippen molar-refractivity contribution in [3.8, 4) is 0 Å². The van der Waals surface area contributed by atoms with Crippen LogP contribution < -0.4 is 5.32 Å². The van der Waals surface area contributed by atoms with Gasteiger partial charge in [0.15, 0.2) is 0 Å². The molecule has 20 heavy (non-hydrogen) atoms. The van der Waals surface area contributed by atoms with Crippen molar-refractivity contribution in [2.45, 2.75) is 25.3 Å². The highest BCUT2D eigenvalue weighted by Crippen LogP contribution is 2.45. The summed E-state index contributed by atoms with van der Waals surface area (Å²) in [6.07, 6.45) is 2.10. The maximum absolute atomic E-state index is 12.4. The molecule has 108 valence electrons. The molecule has 2 amide bonds. The lowest BCUT2D eigenvalue weighted by atomic mass is 10.0. The van der Waals surface area contributed by atoms with Crippen molar-refractivity contribution in [3.05, 3.63) is 35.4 Å². The van der Waals surface area contributed by atoms with Crippen LogP contribution in [-0.4, -0.2) is 49.1 Å². The van der Waals surface area contributed by atoms with Gasteiger partial charge in [0.05, 0.1) is 5.54 Å². The number of amides is 2. The topological polar surface area (TPSA) is 35.6 Å². The number of nitrogens with one attached hydrogen (secondary N) is 1. The summed E-state index contributed by atoms with van der Waals surface area (Å²) in [7, 11) is 2.10. The highest BCUT2D eigenvalue weighted by atomic mass is 16.2. The van der Waals surface area contributed by atoms with Gasteiger partial charge in [0.1, 0.15) is 0 Å². The molecule has 2 aliphatic rings. The number of aryl methyl sites for hydroxylation is 1. The van der Waals surface area contributed by atoms with Crippen molar-refractivity contribution in [1.82, 2.24) is 15.1 Å². The molecule has 1 heterocycles. The van der Waals surface area contributed by atoms with Gasteiger partial charge in [-0.05, 0) is 32.4 Å². The number of urea groups is 1. The third kappa shape index (κ3) is 2.66. The molecule has 1 saturated carbocycles. The largest absolute Gasteiger partial charge is 0.328 e. The minimum atomic E-state index is -0.103. The molecule has 1 aromatic rings. The number of nitrogens with zero attached hydrogens (tertiary/aromatic N) is 2. The first-order valence-electron chi connectivity index (χ1n) is 7.42. The molecule has 4 nitrogen and oxygen atoms in total. The fraction of sp³-hybridized carbons (Fsp3) is 0.562. The first-order valence-corrected chi connectivity index (χ1v) is 7.42. The molecule has 4 heteroatoms. The number of hydrogen-bond acceptors (Lipinski definition) is 2. The average molecular weight is 273 g/mol. The van der Waals surface area contributed by atoms with Crippen LogP contribution in [0.2, 0.25) is 0 Å². The number of carbonyl (C=O) groups excluding carboxylic acids is 1. The highest BCUT2D eigenvalue weighted by molar-refractivity contribution is 5.76. The highest BCUT2D eigenvalue weighted by Gasteiger charge is 2.46. The first kappa shape index (κ1) is 13.4. The Morgan fingerprint density at radius 2 is 1.70 bits per heavy atom. The van der Waals surface area contributed by atoms with Crippen LogP contribution in [0.25, 0.3) is 0 Å². The summed E-state index contributed by atoms with van der Waals surface area (Å²) in [5, 5.41) is 3.26. The number of carbonyl (C=O) groups is 1. The maximum atomic E-state index is 12.4. The minimum Gasteiger partial charge on any atom is -0.328 e. The van der Waals surface area contributed by atoms with E-state index in [4.69, 9.17) is 0 Å². The Kier molecular flexibility index (Phi) is 3.42. The van der Waals surface area contributed by atoms with Crippen molar-refractivity contribution in [3.63, 3.8) is 0 Å². The molecule has 0 unspecified atom stereocenters. The third-order valence-electron chi connectivity index (χ3n) is 4.49. The summed E-state index contributed by atoms with van der Waals surface area (Å²) in [6, 6.07) is 8.63. The monoisotopic (exact) mass is 273 g/mol. The van der Waals surface area contributed by atoms with E-state index in [-0.39, 0.29) is 11.6 Å². The number of rotatable bonds is 2. The molecule has 0 radical (unpaired) electrons. The Bertz CT molecular complexity index is 485. The zero-order valence-corrected chi connectivity index (χ0v) is 12.4. The predicted molar refractivity (Wildman–Crippen MR) is 79.7 cm³/mol. The van der Waals surface area contributed by atoms with Gasteiger partial charge in [-0.15, -0.1) is 0 Å². The van der Waals surface area contributed by atoms with E-state index in [1.165, 1.54) is 11.1 Å². The van der Waals surface area contributed by atoms with Crippen LogP contribution >= 0.6 is 0 Å². The minimum absolute atomic E-state index is 0.0937. The summed E-state index contributed by atoms with van der Waals surface area (Å²) < 4.78 is 0. The lowest BCUT2D eigenvalue weighted by Crippen LogP contribution is -2.52. The van der Waals surface area contributed by atoms with Crippen LogP contribution in [0.4, 0.5) is 4.79 Å². The van der Waals surface area contributed by atoms with E-state index in [0.29, 0.717) is 0 Å². The molecule has 1 N–H and O–H groups in total. The normalized spacial score (nSPS) is 21.6. The first-order chi connectivity index (χ1) is 9.59. The molecule has 1 saturated heterocycles. The molecule has 1 aliphatic heterocycles. The summed E-state index contributed by atoms with van der Waals surface area (Å²) in [5.74, 6) is 0.